The number of ether oxygens (including phenoxy) is 2. The van der Waals surface area contributed by atoms with Gasteiger partial charge in [0.2, 0.25) is 5.79 Å². The highest BCUT2D eigenvalue weighted by Crippen LogP contribution is 2.65. The van der Waals surface area contributed by atoms with Gasteiger partial charge in [-0.1, -0.05) is 20.8 Å². The van der Waals surface area contributed by atoms with Gasteiger partial charge in [0.25, 0.3) is 0 Å². The molecule has 2 fully saturated rings. The first-order valence-corrected chi connectivity index (χ1v) is 5.79. The minimum atomic E-state index is -0.647. The first kappa shape index (κ1) is 10.9. The molecular weight excluding hydrogens is 192 g/mol. The van der Waals surface area contributed by atoms with Crippen LogP contribution in [0.15, 0.2) is 0 Å². The van der Waals surface area contributed by atoms with Crippen molar-refractivity contribution >= 4 is 5.97 Å². The van der Waals surface area contributed by atoms with E-state index in [4.69, 9.17) is 9.47 Å². The zero-order valence-electron chi connectivity index (χ0n) is 10.1. The van der Waals surface area contributed by atoms with E-state index in [1.54, 1.807) is 0 Å². The Hall–Kier alpha value is -0.570. The Morgan fingerprint density at radius 2 is 2.00 bits per heavy atom. The largest absolute Gasteiger partial charge is 0.429 e. The van der Waals surface area contributed by atoms with E-state index in [0.29, 0.717) is 6.42 Å². The fourth-order valence-corrected chi connectivity index (χ4v) is 2.89. The van der Waals surface area contributed by atoms with E-state index in [1.165, 1.54) is 0 Å². The molecule has 15 heavy (non-hydrogen) atoms. The molecule has 1 heterocycles. The third-order valence-corrected chi connectivity index (χ3v) is 3.92. The van der Waals surface area contributed by atoms with Crippen LogP contribution in [0.2, 0.25) is 0 Å². The minimum absolute atomic E-state index is 0.0647. The van der Waals surface area contributed by atoms with Crippen molar-refractivity contribution in [2.45, 2.75) is 64.8 Å². The molecule has 2 unspecified atom stereocenters. The van der Waals surface area contributed by atoms with Crippen molar-refractivity contribution in [3.63, 3.8) is 0 Å². The predicted octanol–water partition coefficient (Wildman–Crippen LogP) is 2.63. The Kier molecular flexibility index (Phi) is 2.16. The van der Waals surface area contributed by atoms with Crippen molar-refractivity contribution < 1.29 is 14.3 Å². The molecule has 2 atom stereocenters. The van der Waals surface area contributed by atoms with Gasteiger partial charge in [0.1, 0.15) is 5.60 Å². The van der Waals surface area contributed by atoms with Gasteiger partial charge in [-0.3, -0.25) is 4.79 Å². The van der Waals surface area contributed by atoms with Gasteiger partial charge in [-0.2, -0.15) is 0 Å². The molecule has 0 radical (unpaired) electrons. The minimum Gasteiger partial charge on any atom is -0.429 e. The van der Waals surface area contributed by atoms with E-state index in [0.717, 1.165) is 19.3 Å². The average molecular weight is 212 g/mol. The van der Waals surface area contributed by atoms with Crippen LogP contribution in [-0.2, 0) is 14.3 Å². The number of carbonyl (C=O) groups excluding carboxylic acids is 1. The quantitative estimate of drug-likeness (QED) is 0.521. The molecule has 0 aromatic carbocycles. The summed E-state index contributed by atoms with van der Waals surface area (Å²) in [5.74, 6) is -0.806. The number of fused-ring (bicyclic) bond motifs is 1. The molecule has 3 nitrogen and oxygen atoms in total. The molecule has 3 heteroatoms. The predicted molar refractivity (Wildman–Crippen MR) is 56.2 cm³/mol. The van der Waals surface area contributed by atoms with E-state index in [9.17, 15) is 4.79 Å². The van der Waals surface area contributed by atoms with E-state index in [1.807, 2.05) is 6.92 Å². The van der Waals surface area contributed by atoms with Gasteiger partial charge in [0.15, 0.2) is 0 Å². The summed E-state index contributed by atoms with van der Waals surface area (Å²) in [6.07, 6.45) is 3.61. The molecule has 0 amide bonds. The van der Waals surface area contributed by atoms with Gasteiger partial charge in [-0.05, 0) is 26.2 Å². The normalized spacial score (nSPS) is 41.9. The molecule has 1 saturated heterocycles. The first-order chi connectivity index (χ1) is 6.87. The van der Waals surface area contributed by atoms with Crippen LogP contribution in [0, 0.1) is 5.41 Å². The number of hydrogen-bond acceptors (Lipinski definition) is 3. The zero-order chi connectivity index (χ0) is 11.3. The lowest BCUT2D eigenvalue weighted by molar-refractivity contribution is -0.175. The average Bonchev–Trinajstić information content (AvgIpc) is 2.73. The summed E-state index contributed by atoms with van der Waals surface area (Å²) in [6, 6.07) is 0. The van der Waals surface area contributed by atoms with Crippen molar-refractivity contribution in [2.75, 3.05) is 0 Å². The van der Waals surface area contributed by atoms with Crippen LogP contribution in [0.1, 0.15) is 53.4 Å². The first-order valence-electron chi connectivity index (χ1n) is 5.79. The highest BCUT2D eigenvalue weighted by Gasteiger charge is 2.78. The third kappa shape index (κ3) is 1.32. The van der Waals surface area contributed by atoms with Crippen LogP contribution in [0.3, 0.4) is 0 Å². The molecule has 0 bridgehead atoms. The summed E-state index contributed by atoms with van der Waals surface area (Å²) in [7, 11) is 0. The van der Waals surface area contributed by atoms with Gasteiger partial charge in [0, 0.05) is 11.8 Å². The van der Waals surface area contributed by atoms with Crippen LogP contribution < -0.4 is 0 Å². The van der Waals surface area contributed by atoms with Crippen LogP contribution in [-0.4, -0.2) is 17.4 Å². The highest BCUT2D eigenvalue weighted by atomic mass is 16.8. The molecule has 0 spiro atoms. The van der Waals surface area contributed by atoms with Crippen LogP contribution in [0.25, 0.3) is 0 Å². The second-order valence-electron chi connectivity index (χ2n) is 5.51. The summed E-state index contributed by atoms with van der Waals surface area (Å²) < 4.78 is 11.4. The molecule has 0 aromatic heterocycles. The van der Waals surface area contributed by atoms with E-state index < -0.39 is 5.79 Å². The van der Waals surface area contributed by atoms with Crippen LogP contribution >= 0.6 is 0 Å². The lowest BCUT2D eigenvalue weighted by Crippen LogP contribution is -2.45. The van der Waals surface area contributed by atoms with Gasteiger partial charge >= 0.3 is 5.97 Å². The zero-order valence-corrected chi connectivity index (χ0v) is 10.1. The summed E-state index contributed by atoms with van der Waals surface area (Å²) in [5.41, 5.74) is -0.301. The number of esters is 1. The summed E-state index contributed by atoms with van der Waals surface area (Å²) >= 11 is 0. The fraction of sp³-hybridized carbons (Fsp3) is 0.917. The number of hydrogen-bond donors (Lipinski definition) is 0. The Morgan fingerprint density at radius 1 is 1.33 bits per heavy atom. The summed E-state index contributed by atoms with van der Waals surface area (Å²) in [4.78, 5) is 11.4. The van der Waals surface area contributed by atoms with E-state index in [2.05, 4.69) is 20.8 Å². The van der Waals surface area contributed by atoms with Crippen molar-refractivity contribution in [1.29, 1.82) is 0 Å². The Labute approximate surface area is 91.1 Å². The molecule has 1 saturated carbocycles. The second kappa shape index (κ2) is 2.97. The van der Waals surface area contributed by atoms with Gasteiger partial charge in [-0.15, -0.1) is 0 Å². The molecule has 2 aliphatic rings. The maximum Gasteiger partial charge on any atom is 0.308 e. The molecule has 1 aliphatic carbocycles. The topological polar surface area (TPSA) is 38.8 Å². The molecule has 1 aliphatic heterocycles. The standard InChI is InChI=1S/C12H20O3/c1-5-9(13)14-12-10(2,3)7-6-8-11(12,4)15-12/h5-8H2,1-4H3. The Balaban J connectivity index is 2.22. The highest BCUT2D eigenvalue weighted by molar-refractivity contribution is 5.70. The van der Waals surface area contributed by atoms with Crippen molar-refractivity contribution in [3.05, 3.63) is 0 Å². The molecule has 2 rings (SSSR count). The lowest BCUT2D eigenvalue weighted by Gasteiger charge is -2.37. The van der Waals surface area contributed by atoms with Crippen LogP contribution in [0.5, 0.6) is 0 Å². The molecule has 86 valence electrons. The second-order valence-corrected chi connectivity index (χ2v) is 5.51. The Morgan fingerprint density at radius 3 is 2.53 bits per heavy atom. The smallest absolute Gasteiger partial charge is 0.308 e. The van der Waals surface area contributed by atoms with Gasteiger partial charge in [-0.25, -0.2) is 0 Å². The molecular formula is C12H20O3. The molecule has 0 aromatic rings. The third-order valence-electron chi connectivity index (χ3n) is 3.92. The van der Waals surface area contributed by atoms with Crippen molar-refractivity contribution in [2.24, 2.45) is 5.41 Å². The van der Waals surface area contributed by atoms with Crippen molar-refractivity contribution in [1.82, 2.24) is 0 Å². The van der Waals surface area contributed by atoms with Gasteiger partial charge in [0.05, 0.1) is 0 Å². The number of rotatable bonds is 2. The van der Waals surface area contributed by atoms with E-state index in [-0.39, 0.29) is 17.0 Å². The van der Waals surface area contributed by atoms with Gasteiger partial charge < -0.3 is 9.47 Å². The Bertz CT molecular complexity index is 297. The maximum absolute atomic E-state index is 11.4. The fourth-order valence-electron chi connectivity index (χ4n) is 2.89. The molecule has 0 N–H and O–H groups in total. The lowest BCUT2D eigenvalue weighted by atomic mass is 9.70. The number of carbonyl (C=O) groups is 1. The summed E-state index contributed by atoms with van der Waals surface area (Å²) in [5, 5.41) is 0. The monoisotopic (exact) mass is 212 g/mol. The van der Waals surface area contributed by atoms with E-state index >= 15 is 0 Å². The summed E-state index contributed by atoms with van der Waals surface area (Å²) in [6.45, 7) is 8.12. The van der Waals surface area contributed by atoms with Crippen molar-refractivity contribution in [3.8, 4) is 0 Å². The maximum atomic E-state index is 11.4. The van der Waals surface area contributed by atoms with Crippen LogP contribution in [0.4, 0.5) is 0 Å². The number of epoxide rings is 1. The SMILES string of the molecule is CCC(=O)OC12OC1(C)CCCC2(C)C.